The van der Waals surface area contributed by atoms with Gasteiger partial charge in [-0.15, -0.1) is 0 Å². The van der Waals surface area contributed by atoms with Gasteiger partial charge in [0.25, 0.3) is 0 Å². The van der Waals surface area contributed by atoms with E-state index in [2.05, 4.69) is 0 Å². The molecule has 0 fully saturated rings. The number of allylic oxidation sites excluding steroid dienone is 1. The third kappa shape index (κ3) is 2.87. The second kappa shape index (κ2) is 6.05. The molecule has 2 aromatic rings. The largest absolute Gasteiger partial charge is 0.507 e. The van der Waals surface area contributed by atoms with Gasteiger partial charge in [-0.25, -0.2) is 0 Å². The van der Waals surface area contributed by atoms with Crippen molar-refractivity contribution < 1.29 is 9.90 Å². The summed E-state index contributed by atoms with van der Waals surface area (Å²) in [5.41, 5.74) is 2.29. The van der Waals surface area contributed by atoms with Crippen LogP contribution < -0.4 is 0 Å². The summed E-state index contributed by atoms with van der Waals surface area (Å²) >= 11 is 5.29. The smallest absolute Gasteiger partial charge is 0.245 e. The molecule has 0 unspecified atom stereocenters. The Morgan fingerprint density at radius 2 is 1.85 bits per heavy atom. The molecule has 4 heteroatoms. The van der Waals surface area contributed by atoms with Gasteiger partial charge in [-0.1, -0.05) is 36.4 Å². The highest BCUT2D eigenvalue weighted by Gasteiger charge is 2.11. The number of rotatable bonds is 3. The van der Waals surface area contributed by atoms with Crippen LogP contribution in [0.3, 0.4) is 0 Å². The van der Waals surface area contributed by atoms with Gasteiger partial charge in [0.1, 0.15) is 17.4 Å². The van der Waals surface area contributed by atoms with Gasteiger partial charge in [0, 0.05) is 5.56 Å². The molecule has 20 heavy (non-hydrogen) atoms. The van der Waals surface area contributed by atoms with Crippen molar-refractivity contribution >= 4 is 22.9 Å². The van der Waals surface area contributed by atoms with E-state index in [0.717, 1.165) is 11.1 Å². The highest BCUT2D eigenvalue weighted by atomic mass is 35.5. The first-order valence-corrected chi connectivity index (χ1v) is 6.20. The van der Waals surface area contributed by atoms with E-state index in [1.165, 1.54) is 12.1 Å². The molecule has 0 radical (unpaired) electrons. The summed E-state index contributed by atoms with van der Waals surface area (Å²) in [6, 6.07) is 14.1. The number of hydrogen-bond acceptors (Lipinski definition) is 3. The Morgan fingerprint density at radius 1 is 1.15 bits per heavy atom. The number of phenols is 1. The zero-order valence-electron chi connectivity index (χ0n) is 10.4. The van der Waals surface area contributed by atoms with E-state index >= 15 is 0 Å². The van der Waals surface area contributed by atoms with Gasteiger partial charge in [-0.2, -0.15) is 5.26 Å². The highest BCUT2D eigenvalue weighted by Crippen LogP contribution is 2.32. The Labute approximate surface area is 121 Å². The van der Waals surface area contributed by atoms with Crippen LogP contribution in [0, 0.1) is 11.3 Å². The summed E-state index contributed by atoms with van der Waals surface area (Å²) in [6.45, 7) is 0. The zero-order chi connectivity index (χ0) is 14.5. The molecule has 0 spiro atoms. The fourth-order valence-electron chi connectivity index (χ4n) is 1.92. The van der Waals surface area contributed by atoms with E-state index in [1.807, 2.05) is 24.3 Å². The van der Waals surface area contributed by atoms with E-state index in [9.17, 15) is 9.90 Å². The Morgan fingerprint density at radius 3 is 2.55 bits per heavy atom. The lowest BCUT2D eigenvalue weighted by Crippen LogP contribution is -1.88. The summed E-state index contributed by atoms with van der Waals surface area (Å²) in [4.78, 5) is 10.8. The van der Waals surface area contributed by atoms with Gasteiger partial charge in [0.05, 0.1) is 0 Å². The maximum atomic E-state index is 10.8. The van der Waals surface area contributed by atoms with Gasteiger partial charge >= 0.3 is 0 Å². The van der Waals surface area contributed by atoms with Crippen LogP contribution in [-0.2, 0) is 4.79 Å². The number of carbonyl (C=O) groups excluding carboxylic acids is 1. The number of carbonyl (C=O) groups is 1. The topological polar surface area (TPSA) is 61.1 Å². The molecule has 0 aliphatic rings. The number of nitrogens with zero attached hydrogens (tertiary/aromatic N) is 1. The average molecular weight is 284 g/mol. The van der Waals surface area contributed by atoms with Gasteiger partial charge in [0.2, 0.25) is 5.24 Å². The molecule has 0 heterocycles. The Hall–Kier alpha value is -2.57. The second-order valence-electron chi connectivity index (χ2n) is 4.04. The van der Waals surface area contributed by atoms with Gasteiger partial charge in [-0.05, 0) is 40.9 Å². The third-order valence-electron chi connectivity index (χ3n) is 2.80. The van der Waals surface area contributed by atoms with E-state index in [1.54, 1.807) is 24.3 Å². The van der Waals surface area contributed by atoms with E-state index in [-0.39, 0.29) is 11.3 Å². The molecule has 3 nitrogen and oxygen atoms in total. The Kier molecular flexibility index (Phi) is 4.19. The van der Waals surface area contributed by atoms with Crippen molar-refractivity contribution in [2.75, 3.05) is 0 Å². The summed E-state index contributed by atoms with van der Waals surface area (Å²) < 4.78 is 0. The molecule has 0 amide bonds. The van der Waals surface area contributed by atoms with Gasteiger partial charge in [0.15, 0.2) is 0 Å². The molecule has 2 rings (SSSR count). The maximum absolute atomic E-state index is 10.8. The van der Waals surface area contributed by atoms with Crippen molar-refractivity contribution in [1.29, 1.82) is 5.26 Å². The molecule has 0 saturated heterocycles. The van der Waals surface area contributed by atoms with Crippen LogP contribution in [0.5, 0.6) is 5.75 Å². The van der Waals surface area contributed by atoms with E-state index in [4.69, 9.17) is 16.9 Å². The maximum Gasteiger partial charge on any atom is 0.245 e. The fraction of sp³-hybridized carbons (Fsp3) is 0. The fourth-order valence-corrected chi connectivity index (χ4v) is 1.99. The van der Waals surface area contributed by atoms with Crippen LogP contribution in [0.15, 0.2) is 48.5 Å². The number of hydrogen-bond donors (Lipinski definition) is 1. The molecular formula is C16H10ClNO2. The molecule has 0 atom stereocenters. The third-order valence-corrected chi connectivity index (χ3v) is 2.93. The Bertz CT molecular complexity index is 729. The van der Waals surface area contributed by atoms with Crippen molar-refractivity contribution in [3.8, 4) is 22.9 Å². The molecule has 0 saturated carbocycles. The standard InChI is InChI=1S/C16H10ClNO2/c17-16(20)9-8-11-4-1-2-5-12(11)13-6-3-7-15(19)14(13)10-18/h1-9,19H/b9-8+. The SMILES string of the molecule is N#Cc1c(O)cccc1-c1ccccc1/C=C/C(=O)Cl. The van der Waals surface area contributed by atoms with Crippen LogP contribution >= 0.6 is 11.6 Å². The number of benzene rings is 2. The van der Waals surface area contributed by atoms with Crippen LogP contribution in [0.1, 0.15) is 11.1 Å². The first kappa shape index (κ1) is 13.9. The second-order valence-corrected chi connectivity index (χ2v) is 4.41. The summed E-state index contributed by atoms with van der Waals surface area (Å²) in [7, 11) is 0. The van der Waals surface area contributed by atoms with Crippen LogP contribution in [-0.4, -0.2) is 10.3 Å². The molecule has 98 valence electrons. The monoisotopic (exact) mass is 283 g/mol. The number of nitriles is 1. The van der Waals surface area contributed by atoms with Crippen LogP contribution in [0.25, 0.3) is 17.2 Å². The summed E-state index contributed by atoms with van der Waals surface area (Å²) in [5, 5.41) is 18.3. The predicted octanol–water partition coefficient (Wildman–Crippen LogP) is 3.71. The summed E-state index contributed by atoms with van der Waals surface area (Å²) in [5.74, 6) is -0.0720. The predicted molar refractivity (Wildman–Crippen MR) is 78.2 cm³/mol. The minimum atomic E-state index is -0.573. The molecule has 0 aliphatic heterocycles. The minimum Gasteiger partial charge on any atom is -0.507 e. The quantitative estimate of drug-likeness (QED) is 0.690. The van der Waals surface area contributed by atoms with Crippen molar-refractivity contribution in [3.63, 3.8) is 0 Å². The number of aromatic hydroxyl groups is 1. The minimum absolute atomic E-state index is 0.0720. The van der Waals surface area contributed by atoms with Gasteiger partial charge < -0.3 is 5.11 Å². The van der Waals surface area contributed by atoms with Crippen molar-refractivity contribution in [1.82, 2.24) is 0 Å². The average Bonchev–Trinajstić information content (AvgIpc) is 2.45. The normalized spacial score (nSPS) is 10.4. The molecule has 2 aromatic carbocycles. The van der Waals surface area contributed by atoms with Crippen LogP contribution in [0.2, 0.25) is 0 Å². The Balaban J connectivity index is 2.63. The van der Waals surface area contributed by atoms with Crippen molar-refractivity contribution in [3.05, 3.63) is 59.7 Å². The highest BCUT2D eigenvalue weighted by molar-refractivity contribution is 6.66. The molecule has 0 bridgehead atoms. The molecule has 0 aliphatic carbocycles. The van der Waals surface area contributed by atoms with Gasteiger partial charge in [-0.3, -0.25) is 4.79 Å². The number of phenolic OH excluding ortho intramolecular Hbond substituents is 1. The van der Waals surface area contributed by atoms with E-state index < -0.39 is 5.24 Å². The lowest BCUT2D eigenvalue weighted by atomic mass is 9.95. The first-order valence-electron chi connectivity index (χ1n) is 5.82. The molecule has 1 N–H and O–H groups in total. The van der Waals surface area contributed by atoms with Crippen LogP contribution in [0.4, 0.5) is 0 Å². The summed E-state index contributed by atoms with van der Waals surface area (Å²) in [6.07, 6.45) is 2.82. The molecular weight excluding hydrogens is 274 g/mol. The lowest BCUT2D eigenvalue weighted by molar-refractivity contribution is -0.107. The van der Waals surface area contributed by atoms with Crippen molar-refractivity contribution in [2.24, 2.45) is 0 Å². The first-order chi connectivity index (χ1) is 9.63. The lowest BCUT2D eigenvalue weighted by Gasteiger charge is -2.09. The number of halogens is 1. The molecule has 0 aromatic heterocycles. The van der Waals surface area contributed by atoms with Crippen molar-refractivity contribution in [2.45, 2.75) is 0 Å². The zero-order valence-corrected chi connectivity index (χ0v) is 11.1. The van der Waals surface area contributed by atoms with E-state index in [0.29, 0.717) is 5.56 Å².